The maximum Gasteiger partial charge on any atom is 0.407 e. The van der Waals surface area contributed by atoms with Crippen LogP contribution in [-0.2, 0) is 45.5 Å². The van der Waals surface area contributed by atoms with Crippen LogP contribution in [0.1, 0.15) is 121 Å². The summed E-state index contributed by atoms with van der Waals surface area (Å²) >= 11 is 0. The van der Waals surface area contributed by atoms with Gasteiger partial charge in [0.05, 0.1) is 6.04 Å². The fourth-order valence-corrected chi connectivity index (χ4v) is 8.49. The monoisotopic (exact) mass is 943 g/mol. The Morgan fingerprint density at radius 3 is 1.65 bits per heavy atom. The molecule has 14 nitrogen and oxygen atoms in total. The first-order valence-corrected chi connectivity index (χ1v) is 24.3. The van der Waals surface area contributed by atoms with Crippen LogP contribution in [0.25, 0.3) is 0 Å². The summed E-state index contributed by atoms with van der Waals surface area (Å²) in [5, 5.41) is 17.5. The molecule has 1 aliphatic rings. The first kappa shape index (κ1) is 53.1. The molecule has 5 rings (SSSR count). The molecule has 0 radical (unpaired) electrons. The van der Waals surface area contributed by atoms with Crippen molar-refractivity contribution in [2.75, 3.05) is 6.54 Å². The Balaban J connectivity index is 1.44. The van der Waals surface area contributed by atoms with E-state index in [0.717, 1.165) is 22.3 Å². The number of amides is 6. The second-order valence-electron chi connectivity index (χ2n) is 19.2. The summed E-state index contributed by atoms with van der Waals surface area (Å²) in [4.78, 5) is 97.3. The van der Waals surface area contributed by atoms with E-state index in [-0.39, 0.29) is 56.6 Å². The lowest BCUT2D eigenvalue weighted by molar-refractivity contribution is -0.135. The largest absolute Gasteiger partial charge is 0.444 e. The Morgan fingerprint density at radius 1 is 0.609 bits per heavy atom. The zero-order chi connectivity index (χ0) is 49.8. The third-order valence-corrected chi connectivity index (χ3v) is 11.9. The molecule has 0 bridgehead atoms. The summed E-state index contributed by atoms with van der Waals surface area (Å²) in [5.41, 5.74) is 1.39. The first-order valence-electron chi connectivity index (χ1n) is 24.3. The third kappa shape index (κ3) is 16.7. The molecule has 0 saturated carbocycles. The van der Waals surface area contributed by atoms with Crippen molar-refractivity contribution in [1.29, 1.82) is 0 Å². The average Bonchev–Trinajstić information content (AvgIpc) is 3.32. The van der Waals surface area contributed by atoms with Crippen LogP contribution in [0, 0.1) is 5.92 Å². The molecule has 1 heterocycles. The highest BCUT2D eigenvalue weighted by Crippen LogP contribution is 2.37. The number of carbonyl (C=O) groups is 7. The van der Waals surface area contributed by atoms with E-state index >= 15 is 0 Å². The van der Waals surface area contributed by atoms with E-state index in [1.807, 2.05) is 135 Å². The topological polar surface area (TPSA) is 201 Å². The third-order valence-electron chi connectivity index (χ3n) is 11.9. The number of benzene rings is 4. The molecular weight excluding hydrogens is 873 g/mol. The molecule has 6 N–H and O–H groups in total. The minimum atomic E-state index is -1.33. The summed E-state index contributed by atoms with van der Waals surface area (Å²) in [7, 11) is 0. The van der Waals surface area contributed by atoms with Gasteiger partial charge in [0, 0.05) is 32.2 Å². The van der Waals surface area contributed by atoms with Gasteiger partial charge < -0.3 is 36.6 Å². The van der Waals surface area contributed by atoms with Gasteiger partial charge in [0.15, 0.2) is 5.78 Å². The van der Waals surface area contributed by atoms with Crippen LogP contribution >= 0.6 is 0 Å². The van der Waals surface area contributed by atoms with Gasteiger partial charge in [0.2, 0.25) is 29.5 Å². The number of hydrogen-bond donors (Lipinski definition) is 6. The van der Waals surface area contributed by atoms with Crippen LogP contribution in [0.15, 0.2) is 121 Å². The minimum Gasteiger partial charge on any atom is -0.444 e. The second-order valence-corrected chi connectivity index (χ2v) is 19.2. The number of Topliss-reactive ketones (excluding diaryl/α,β-unsaturated/α-hetero) is 1. The Morgan fingerprint density at radius 2 is 1.10 bits per heavy atom. The van der Waals surface area contributed by atoms with Gasteiger partial charge in [-0.3, -0.25) is 28.8 Å². The highest BCUT2D eigenvalue weighted by atomic mass is 16.6. The van der Waals surface area contributed by atoms with Gasteiger partial charge in [0.25, 0.3) is 0 Å². The highest BCUT2D eigenvalue weighted by molar-refractivity contribution is 5.96. The van der Waals surface area contributed by atoms with Crippen molar-refractivity contribution < 1.29 is 38.3 Å². The van der Waals surface area contributed by atoms with Crippen LogP contribution in [0.2, 0.25) is 0 Å². The maximum atomic E-state index is 14.6. The van der Waals surface area contributed by atoms with E-state index in [2.05, 4.69) is 31.9 Å². The lowest BCUT2D eigenvalue weighted by Gasteiger charge is -2.37. The molecule has 6 amide bonds. The Bertz CT molecular complexity index is 2210. The lowest BCUT2D eigenvalue weighted by Crippen LogP contribution is -2.58. The Hall–Kier alpha value is -6.83. The molecular formula is C55H70N6O8. The smallest absolute Gasteiger partial charge is 0.407 e. The lowest BCUT2D eigenvalue weighted by atomic mass is 9.77. The molecule has 0 aromatic heterocycles. The Kier molecular flexibility index (Phi) is 20.1. The number of rotatable bonds is 16. The summed E-state index contributed by atoms with van der Waals surface area (Å²) in [5.74, 6) is -3.01. The van der Waals surface area contributed by atoms with E-state index in [1.54, 1.807) is 20.8 Å². The van der Waals surface area contributed by atoms with Gasteiger partial charge in [-0.1, -0.05) is 135 Å². The molecule has 1 fully saturated rings. The van der Waals surface area contributed by atoms with Crippen LogP contribution in [-0.4, -0.2) is 77.7 Å². The fourth-order valence-electron chi connectivity index (χ4n) is 8.49. The van der Waals surface area contributed by atoms with Crippen LogP contribution in [0.4, 0.5) is 4.79 Å². The summed E-state index contributed by atoms with van der Waals surface area (Å²) in [6, 6.07) is 33.6. The molecule has 1 saturated heterocycles. The van der Waals surface area contributed by atoms with Crippen molar-refractivity contribution in [2.45, 2.75) is 141 Å². The van der Waals surface area contributed by atoms with Crippen molar-refractivity contribution >= 4 is 41.4 Å². The molecule has 0 spiro atoms. The van der Waals surface area contributed by atoms with E-state index in [0.29, 0.717) is 32.2 Å². The molecule has 69 heavy (non-hydrogen) atoms. The summed E-state index contributed by atoms with van der Waals surface area (Å²) in [6.07, 6.45) is 1.49. The predicted molar refractivity (Wildman–Crippen MR) is 265 cm³/mol. The van der Waals surface area contributed by atoms with Crippen molar-refractivity contribution in [1.82, 2.24) is 31.9 Å². The molecule has 1 aliphatic heterocycles. The number of ketones is 1. The van der Waals surface area contributed by atoms with Gasteiger partial charge >= 0.3 is 6.09 Å². The predicted octanol–water partition coefficient (Wildman–Crippen LogP) is 6.94. The standard InChI is InChI=1S/C55H70N6O8/c1-38(2)36-45-51(66)58-43(30-20-21-35-56-53(68)69-54(3,4)5)47(62)31-18-19-32-48(63)57-46(37-39-22-10-6-11-23-39)52(67)59-44(50(65)60-45)33-34-49(64)61-55(40-24-12-7-13-25-40,41-26-14-8-15-27-41)42-28-16-9-17-29-42/h6-17,22-29,38,43-46H,18-21,30-37H2,1-5H3,(H,56,68)(H,57,63)(H,58,66)(H,59,67)(H,60,65)(H,61,64)/t43-,44-,45-,46-/m0/s1. The van der Waals surface area contributed by atoms with Crippen LogP contribution in [0.5, 0.6) is 0 Å². The highest BCUT2D eigenvalue weighted by Gasteiger charge is 2.39. The zero-order valence-electron chi connectivity index (χ0n) is 40.7. The van der Waals surface area contributed by atoms with Gasteiger partial charge in [-0.15, -0.1) is 0 Å². The quantitative estimate of drug-likeness (QED) is 0.0513. The molecule has 368 valence electrons. The maximum absolute atomic E-state index is 14.6. The van der Waals surface area contributed by atoms with Crippen LogP contribution in [0.3, 0.4) is 0 Å². The number of ether oxygens (including phenoxy) is 1. The average molecular weight is 943 g/mol. The minimum absolute atomic E-state index is 0.0335. The first-order chi connectivity index (χ1) is 33.0. The zero-order valence-corrected chi connectivity index (χ0v) is 40.7. The van der Waals surface area contributed by atoms with Gasteiger partial charge in [0.1, 0.15) is 29.3 Å². The molecule has 4 aromatic rings. The molecule has 0 unspecified atom stereocenters. The van der Waals surface area contributed by atoms with E-state index in [4.69, 9.17) is 4.74 Å². The molecule has 0 aliphatic carbocycles. The molecule has 14 heteroatoms. The van der Waals surface area contributed by atoms with Gasteiger partial charge in [-0.25, -0.2) is 4.79 Å². The number of carbonyl (C=O) groups excluding carboxylic acids is 7. The van der Waals surface area contributed by atoms with E-state index < -0.39 is 70.9 Å². The fraction of sp³-hybridized carbons (Fsp3) is 0.436. The SMILES string of the molecule is CC(C)C[C@@H]1NC(=O)[C@H](CCC(=O)NC(c2ccccc2)(c2ccccc2)c2ccccc2)NC(=O)[C@H](Cc2ccccc2)NC(=O)CCCCC(=O)[C@H](CCCCNC(=O)OC(C)(C)C)NC1=O. The van der Waals surface area contributed by atoms with Crippen LogP contribution < -0.4 is 31.9 Å². The molecule has 4 atom stereocenters. The van der Waals surface area contributed by atoms with Gasteiger partial charge in [-0.2, -0.15) is 0 Å². The van der Waals surface area contributed by atoms with Crippen molar-refractivity contribution in [2.24, 2.45) is 5.92 Å². The number of hydrogen-bond acceptors (Lipinski definition) is 8. The van der Waals surface area contributed by atoms with E-state index in [9.17, 15) is 33.6 Å². The number of unbranched alkanes of at least 4 members (excludes halogenated alkanes) is 1. The van der Waals surface area contributed by atoms with Crippen molar-refractivity contribution in [3.63, 3.8) is 0 Å². The normalized spacial score (nSPS) is 19.0. The number of alkyl carbamates (subject to hydrolysis) is 1. The Labute approximate surface area is 406 Å². The number of nitrogens with one attached hydrogen (secondary N) is 6. The van der Waals surface area contributed by atoms with Gasteiger partial charge in [-0.05, 0) is 93.9 Å². The second kappa shape index (κ2) is 26.1. The molecule has 4 aromatic carbocycles. The van der Waals surface area contributed by atoms with Crippen molar-refractivity contribution in [3.8, 4) is 0 Å². The summed E-state index contributed by atoms with van der Waals surface area (Å²) in [6.45, 7) is 9.42. The van der Waals surface area contributed by atoms with Crippen molar-refractivity contribution in [3.05, 3.63) is 144 Å². The summed E-state index contributed by atoms with van der Waals surface area (Å²) < 4.78 is 5.32. The van der Waals surface area contributed by atoms with E-state index in [1.165, 1.54) is 0 Å².